The van der Waals surface area contributed by atoms with Gasteiger partial charge in [0.2, 0.25) is 0 Å². The Hall–Kier alpha value is -2.12. The van der Waals surface area contributed by atoms with Gasteiger partial charge in [-0.1, -0.05) is 26.0 Å². The van der Waals surface area contributed by atoms with Gasteiger partial charge in [0.1, 0.15) is 0 Å². The number of rotatable bonds is 8. The molecule has 1 aliphatic heterocycles. The molecule has 2 amide bonds. The fourth-order valence-corrected chi connectivity index (χ4v) is 2.96. The molecule has 2 rings (SSSR count). The molecular weight excluding hydrogens is 332 g/mol. The standard InChI is InChI=1S/C19H30N4O3/c1-3-22(4-2)11-7-10-20-18(24)19(25)21-16-8-5-6-9-17(16)23-12-14-26-15-13-23/h5-6,8-9H,3-4,7,10-15H2,1-2H3,(H,20,24)(H,21,25). The summed E-state index contributed by atoms with van der Waals surface area (Å²) in [5.41, 5.74) is 1.57. The zero-order valence-corrected chi connectivity index (χ0v) is 15.8. The van der Waals surface area contributed by atoms with E-state index in [2.05, 4.69) is 34.3 Å². The van der Waals surface area contributed by atoms with Gasteiger partial charge in [-0.3, -0.25) is 9.59 Å². The van der Waals surface area contributed by atoms with E-state index in [0.717, 1.165) is 44.8 Å². The molecule has 1 fully saturated rings. The summed E-state index contributed by atoms with van der Waals surface area (Å²) in [5.74, 6) is -1.23. The molecule has 1 heterocycles. The largest absolute Gasteiger partial charge is 0.378 e. The Morgan fingerprint density at radius 2 is 1.81 bits per heavy atom. The van der Waals surface area contributed by atoms with Crippen LogP contribution in [0.4, 0.5) is 11.4 Å². The molecule has 0 radical (unpaired) electrons. The zero-order valence-electron chi connectivity index (χ0n) is 15.8. The molecule has 144 valence electrons. The van der Waals surface area contributed by atoms with E-state index >= 15 is 0 Å². The van der Waals surface area contributed by atoms with Crippen molar-refractivity contribution in [1.29, 1.82) is 0 Å². The summed E-state index contributed by atoms with van der Waals surface area (Å²) >= 11 is 0. The third-order valence-corrected chi connectivity index (χ3v) is 4.54. The topological polar surface area (TPSA) is 73.9 Å². The number of hydrogen-bond donors (Lipinski definition) is 2. The van der Waals surface area contributed by atoms with Gasteiger partial charge < -0.3 is 25.2 Å². The second kappa shape index (κ2) is 10.8. The van der Waals surface area contributed by atoms with Crippen LogP contribution >= 0.6 is 0 Å². The molecule has 7 heteroatoms. The van der Waals surface area contributed by atoms with Gasteiger partial charge >= 0.3 is 11.8 Å². The maximum absolute atomic E-state index is 12.2. The number of para-hydroxylation sites is 2. The molecule has 0 aliphatic carbocycles. The fourth-order valence-electron chi connectivity index (χ4n) is 2.96. The van der Waals surface area contributed by atoms with Gasteiger partial charge in [-0.25, -0.2) is 0 Å². The van der Waals surface area contributed by atoms with E-state index in [1.165, 1.54) is 0 Å². The number of nitrogens with zero attached hydrogens (tertiary/aromatic N) is 2. The lowest BCUT2D eigenvalue weighted by atomic mass is 10.2. The van der Waals surface area contributed by atoms with Crippen molar-refractivity contribution < 1.29 is 14.3 Å². The van der Waals surface area contributed by atoms with Crippen molar-refractivity contribution in [2.45, 2.75) is 20.3 Å². The van der Waals surface area contributed by atoms with Crippen LogP contribution in [0.25, 0.3) is 0 Å². The Labute approximate surface area is 155 Å². The van der Waals surface area contributed by atoms with Crippen molar-refractivity contribution in [3.05, 3.63) is 24.3 Å². The summed E-state index contributed by atoms with van der Waals surface area (Å²) in [6, 6.07) is 7.54. The Kier molecular flexibility index (Phi) is 8.37. The molecule has 0 aromatic heterocycles. The molecule has 1 aromatic carbocycles. The van der Waals surface area contributed by atoms with Gasteiger partial charge in [-0.2, -0.15) is 0 Å². The summed E-state index contributed by atoms with van der Waals surface area (Å²) in [6.45, 7) is 10.5. The second-order valence-corrected chi connectivity index (χ2v) is 6.21. The third kappa shape index (κ3) is 6.00. The lowest BCUT2D eigenvalue weighted by Crippen LogP contribution is -2.39. The summed E-state index contributed by atoms with van der Waals surface area (Å²) in [7, 11) is 0. The van der Waals surface area contributed by atoms with Crippen molar-refractivity contribution in [2.24, 2.45) is 0 Å². The van der Waals surface area contributed by atoms with Gasteiger partial charge in [0.05, 0.1) is 24.6 Å². The second-order valence-electron chi connectivity index (χ2n) is 6.21. The molecule has 0 atom stereocenters. The van der Waals surface area contributed by atoms with E-state index in [-0.39, 0.29) is 0 Å². The first-order valence-electron chi connectivity index (χ1n) is 9.39. The average Bonchev–Trinajstić information content (AvgIpc) is 2.69. The van der Waals surface area contributed by atoms with Crippen LogP contribution in [0.1, 0.15) is 20.3 Å². The number of benzene rings is 1. The van der Waals surface area contributed by atoms with E-state index < -0.39 is 11.8 Å². The molecule has 0 bridgehead atoms. The molecule has 0 spiro atoms. The SMILES string of the molecule is CCN(CC)CCCNC(=O)C(=O)Nc1ccccc1N1CCOCC1. The minimum atomic E-state index is -0.631. The minimum Gasteiger partial charge on any atom is -0.378 e. The first kappa shape index (κ1) is 20.2. The Bertz CT molecular complexity index is 584. The molecule has 26 heavy (non-hydrogen) atoms. The molecule has 0 saturated carbocycles. The van der Waals surface area contributed by atoms with Crippen LogP contribution in [0.15, 0.2) is 24.3 Å². The van der Waals surface area contributed by atoms with Crippen LogP contribution in [0.2, 0.25) is 0 Å². The van der Waals surface area contributed by atoms with Crippen molar-refractivity contribution in [1.82, 2.24) is 10.2 Å². The van der Waals surface area contributed by atoms with Crippen LogP contribution in [0.5, 0.6) is 0 Å². The maximum atomic E-state index is 12.2. The van der Waals surface area contributed by atoms with Crippen LogP contribution in [-0.4, -0.2) is 69.2 Å². The number of amides is 2. The van der Waals surface area contributed by atoms with Crippen molar-refractivity contribution >= 4 is 23.2 Å². The van der Waals surface area contributed by atoms with E-state index in [1.807, 2.05) is 24.3 Å². The Balaban J connectivity index is 1.84. The van der Waals surface area contributed by atoms with Gasteiger partial charge in [0.15, 0.2) is 0 Å². The quantitative estimate of drug-likeness (QED) is 0.539. The van der Waals surface area contributed by atoms with Crippen LogP contribution < -0.4 is 15.5 Å². The molecule has 2 N–H and O–H groups in total. The number of hydrogen-bond acceptors (Lipinski definition) is 5. The monoisotopic (exact) mass is 362 g/mol. The summed E-state index contributed by atoms with van der Waals surface area (Å²) in [6.07, 6.45) is 0.824. The number of anilines is 2. The Morgan fingerprint density at radius 1 is 1.12 bits per heavy atom. The highest BCUT2D eigenvalue weighted by molar-refractivity contribution is 6.39. The average molecular weight is 362 g/mol. The van der Waals surface area contributed by atoms with Crippen molar-refractivity contribution in [2.75, 3.05) is 62.7 Å². The third-order valence-electron chi connectivity index (χ3n) is 4.54. The fraction of sp³-hybridized carbons (Fsp3) is 0.579. The van der Waals surface area contributed by atoms with E-state index in [1.54, 1.807) is 0 Å². The van der Waals surface area contributed by atoms with Crippen LogP contribution in [0, 0.1) is 0 Å². The highest BCUT2D eigenvalue weighted by Crippen LogP contribution is 2.26. The first-order chi connectivity index (χ1) is 12.7. The molecule has 0 unspecified atom stereocenters. The van der Waals surface area contributed by atoms with Crippen molar-refractivity contribution in [3.8, 4) is 0 Å². The molecular formula is C19H30N4O3. The van der Waals surface area contributed by atoms with E-state index in [4.69, 9.17) is 4.74 Å². The van der Waals surface area contributed by atoms with Crippen LogP contribution in [0.3, 0.4) is 0 Å². The summed E-state index contributed by atoms with van der Waals surface area (Å²) in [4.78, 5) is 28.7. The van der Waals surface area contributed by atoms with Gasteiger partial charge in [0, 0.05) is 19.6 Å². The smallest absolute Gasteiger partial charge is 0.313 e. The van der Waals surface area contributed by atoms with E-state index in [0.29, 0.717) is 25.4 Å². The van der Waals surface area contributed by atoms with Crippen LogP contribution in [-0.2, 0) is 14.3 Å². The van der Waals surface area contributed by atoms with Crippen molar-refractivity contribution in [3.63, 3.8) is 0 Å². The predicted molar refractivity (Wildman–Crippen MR) is 104 cm³/mol. The van der Waals surface area contributed by atoms with Gasteiger partial charge in [0.25, 0.3) is 0 Å². The highest BCUT2D eigenvalue weighted by atomic mass is 16.5. The number of carbonyl (C=O) groups is 2. The number of ether oxygens (including phenoxy) is 1. The Morgan fingerprint density at radius 3 is 2.50 bits per heavy atom. The molecule has 1 aliphatic rings. The number of morpholine rings is 1. The van der Waals surface area contributed by atoms with E-state index in [9.17, 15) is 9.59 Å². The van der Waals surface area contributed by atoms with Gasteiger partial charge in [-0.05, 0) is 38.2 Å². The number of nitrogens with one attached hydrogen (secondary N) is 2. The zero-order chi connectivity index (χ0) is 18.8. The minimum absolute atomic E-state index is 0.494. The summed E-state index contributed by atoms with van der Waals surface area (Å²) < 4.78 is 5.37. The summed E-state index contributed by atoms with van der Waals surface area (Å²) in [5, 5.41) is 5.43. The normalized spacial score (nSPS) is 14.3. The molecule has 1 saturated heterocycles. The number of carbonyl (C=O) groups excluding carboxylic acids is 2. The molecule has 1 aromatic rings. The lowest BCUT2D eigenvalue weighted by Gasteiger charge is -2.30. The molecule has 7 nitrogen and oxygen atoms in total. The maximum Gasteiger partial charge on any atom is 0.313 e. The highest BCUT2D eigenvalue weighted by Gasteiger charge is 2.18. The van der Waals surface area contributed by atoms with Gasteiger partial charge in [-0.15, -0.1) is 0 Å². The lowest BCUT2D eigenvalue weighted by molar-refractivity contribution is -0.136. The first-order valence-corrected chi connectivity index (χ1v) is 9.39. The predicted octanol–water partition coefficient (Wildman–Crippen LogP) is 1.31.